The lowest BCUT2D eigenvalue weighted by atomic mass is 9.99. The number of carbonyl (C=O) groups is 2. The minimum atomic E-state index is -0.791. The first-order valence-corrected chi connectivity index (χ1v) is 9.76. The molecule has 0 aliphatic carbocycles. The van der Waals surface area contributed by atoms with Gasteiger partial charge in [-0.3, -0.25) is 9.59 Å². The van der Waals surface area contributed by atoms with Crippen LogP contribution in [0.2, 0.25) is 0 Å². The molecule has 2 atom stereocenters. The first-order chi connectivity index (χ1) is 14.1. The third-order valence-corrected chi connectivity index (χ3v) is 5.22. The van der Waals surface area contributed by atoms with Crippen molar-refractivity contribution in [1.82, 2.24) is 4.90 Å². The molecule has 0 bridgehead atoms. The van der Waals surface area contributed by atoms with E-state index in [0.29, 0.717) is 30.3 Å². The number of benzene rings is 1. The second-order valence-electron chi connectivity index (χ2n) is 7.06. The van der Waals surface area contributed by atoms with Gasteiger partial charge in [0.2, 0.25) is 0 Å². The molecule has 2 aliphatic rings. The average molecular weight is 397 g/mol. The van der Waals surface area contributed by atoms with Gasteiger partial charge in [0.05, 0.1) is 24.5 Å². The zero-order valence-corrected chi connectivity index (χ0v) is 16.2. The van der Waals surface area contributed by atoms with Gasteiger partial charge in [-0.05, 0) is 56.2 Å². The number of aliphatic hydroxyl groups is 1. The summed E-state index contributed by atoms with van der Waals surface area (Å²) < 4.78 is 16.6. The summed E-state index contributed by atoms with van der Waals surface area (Å²) in [6.45, 7) is 3.33. The number of amides is 1. The van der Waals surface area contributed by atoms with E-state index in [0.717, 1.165) is 12.8 Å². The van der Waals surface area contributed by atoms with Crippen molar-refractivity contribution in [3.8, 4) is 5.75 Å². The van der Waals surface area contributed by atoms with Crippen molar-refractivity contribution in [2.24, 2.45) is 0 Å². The van der Waals surface area contributed by atoms with E-state index in [1.807, 2.05) is 6.92 Å². The summed E-state index contributed by atoms with van der Waals surface area (Å²) in [5.41, 5.74) is 0.451. The number of carbonyl (C=O) groups excluding carboxylic acids is 2. The summed E-state index contributed by atoms with van der Waals surface area (Å²) in [6, 6.07) is 9.34. The van der Waals surface area contributed by atoms with Gasteiger partial charge in [-0.1, -0.05) is 0 Å². The van der Waals surface area contributed by atoms with Crippen LogP contribution in [-0.4, -0.2) is 47.6 Å². The van der Waals surface area contributed by atoms with Crippen LogP contribution in [0.3, 0.4) is 0 Å². The van der Waals surface area contributed by atoms with Gasteiger partial charge in [0.25, 0.3) is 11.7 Å². The van der Waals surface area contributed by atoms with E-state index in [1.165, 1.54) is 11.2 Å². The van der Waals surface area contributed by atoms with E-state index in [-0.39, 0.29) is 24.0 Å². The molecule has 29 heavy (non-hydrogen) atoms. The van der Waals surface area contributed by atoms with Crippen LogP contribution in [-0.2, 0) is 14.3 Å². The SMILES string of the molecule is CCOc1ccc(C(O)=C2C(=O)C(=O)N(C[C@@H]3CCCO3)[C@@H]2c2ccco2)cc1. The van der Waals surface area contributed by atoms with E-state index in [4.69, 9.17) is 13.9 Å². The summed E-state index contributed by atoms with van der Waals surface area (Å²) in [5.74, 6) is -0.534. The number of Topliss-reactive ketones (excluding diaryl/α,β-unsaturated/α-hetero) is 1. The molecule has 2 fully saturated rings. The fourth-order valence-corrected chi connectivity index (χ4v) is 3.85. The van der Waals surface area contributed by atoms with Gasteiger partial charge < -0.3 is 23.9 Å². The molecule has 0 radical (unpaired) electrons. The lowest BCUT2D eigenvalue weighted by Crippen LogP contribution is -2.36. The van der Waals surface area contributed by atoms with Crippen LogP contribution in [0.5, 0.6) is 5.75 Å². The van der Waals surface area contributed by atoms with E-state index in [9.17, 15) is 14.7 Å². The zero-order chi connectivity index (χ0) is 20.4. The van der Waals surface area contributed by atoms with E-state index in [1.54, 1.807) is 36.4 Å². The molecule has 7 heteroatoms. The summed E-state index contributed by atoms with van der Waals surface area (Å²) >= 11 is 0. The molecule has 3 heterocycles. The smallest absolute Gasteiger partial charge is 0.295 e. The van der Waals surface area contributed by atoms with E-state index in [2.05, 4.69) is 0 Å². The second-order valence-corrected chi connectivity index (χ2v) is 7.06. The summed E-state index contributed by atoms with van der Waals surface area (Å²) in [6.07, 6.45) is 3.10. The Morgan fingerprint density at radius 1 is 1.24 bits per heavy atom. The van der Waals surface area contributed by atoms with Crippen LogP contribution in [0.15, 0.2) is 52.7 Å². The van der Waals surface area contributed by atoms with Crippen LogP contribution < -0.4 is 4.74 Å². The topological polar surface area (TPSA) is 89.2 Å². The van der Waals surface area contributed by atoms with Gasteiger partial charge in [0.15, 0.2) is 0 Å². The minimum absolute atomic E-state index is 0.0205. The third-order valence-electron chi connectivity index (χ3n) is 5.22. The van der Waals surface area contributed by atoms with Gasteiger partial charge in [-0.15, -0.1) is 0 Å². The van der Waals surface area contributed by atoms with Gasteiger partial charge in [0, 0.05) is 18.7 Å². The van der Waals surface area contributed by atoms with Crippen LogP contribution >= 0.6 is 0 Å². The Morgan fingerprint density at radius 2 is 2.03 bits per heavy atom. The van der Waals surface area contributed by atoms with E-state index >= 15 is 0 Å². The molecule has 1 aromatic heterocycles. The summed E-state index contributed by atoms with van der Waals surface area (Å²) in [5, 5.41) is 10.9. The van der Waals surface area contributed by atoms with Crippen molar-refractivity contribution >= 4 is 17.4 Å². The van der Waals surface area contributed by atoms with Gasteiger partial charge in [0.1, 0.15) is 23.3 Å². The Labute approximate surface area is 168 Å². The predicted octanol–water partition coefficient (Wildman–Crippen LogP) is 3.28. The van der Waals surface area contributed by atoms with Crippen molar-refractivity contribution in [3.05, 3.63) is 59.6 Å². The normalized spacial score (nSPS) is 23.7. The number of nitrogens with zero attached hydrogens (tertiary/aromatic N) is 1. The molecular weight excluding hydrogens is 374 g/mol. The van der Waals surface area contributed by atoms with E-state index < -0.39 is 17.7 Å². The molecule has 1 aromatic carbocycles. The number of likely N-dealkylation sites (tertiary alicyclic amines) is 1. The maximum atomic E-state index is 12.9. The van der Waals surface area contributed by atoms with Gasteiger partial charge >= 0.3 is 0 Å². The first kappa shape index (κ1) is 19.3. The molecule has 2 aliphatic heterocycles. The number of ether oxygens (including phenoxy) is 2. The second kappa shape index (κ2) is 8.13. The minimum Gasteiger partial charge on any atom is -0.507 e. The molecule has 2 aromatic rings. The van der Waals surface area contributed by atoms with Crippen LogP contribution in [0.4, 0.5) is 0 Å². The molecule has 4 rings (SSSR count). The number of ketones is 1. The van der Waals surface area contributed by atoms with Gasteiger partial charge in [-0.25, -0.2) is 0 Å². The summed E-state index contributed by atoms with van der Waals surface area (Å²) in [7, 11) is 0. The molecule has 0 spiro atoms. The number of aliphatic hydroxyl groups excluding tert-OH is 1. The van der Waals surface area contributed by atoms with Crippen molar-refractivity contribution in [3.63, 3.8) is 0 Å². The Kier molecular flexibility index (Phi) is 5.40. The molecule has 0 saturated carbocycles. The highest BCUT2D eigenvalue weighted by molar-refractivity contribution is 6.46. The lowest BCUT2D eigenvalue weighted by molar-refractivity contribution is -0.141. The molecule has 1 amide bonds. The highest BCUT2D eigenvalue weighted by Crippen LogP contribution is 2.40. The lowest BCUT2D eigenvalue weighted by Gasteiger charge is -2.25. The Bertz CT molecular complexity index is 909. The Morgan fingerprint density at radius 3 is 2.66 bits per heavy atom. The molecule has 152 valence electrons. The van der Waals surface area contributed by atoms with Crippen LogP contribution in [0.25, 0.3) is 5.76 Å². The zero-order valence-electron chi connectivity index (χ0n) is 16.2. The third kappa shape index (κ3) is 3.65. The molecule has 7 nitrogen and oxygen atoms in total. The predicted molar refractivity (Wildman–Crippen MR) is 104 cm³/mol. The van der Waals surface area contributed by atoms with Crippen LogP contribution in [0, 0.1) is 0 Å². The largest absolute Gasteiger partial charge is 0.507 e. The van der Waals surface area contributed by atoms with Crippen molar-refractivity contribution in [2.75, 3.05) is 19.8 Å². The first-order valence-electron chi connectivity index (χ1n) is 9.76. The fraction of sp³-hybridized carbons (Fsp3) is 0.364. The van der Waals surface area contributed by atoms with Crippen molar-refractivity contribution in [2.45, 2.75) is 31.9 Å². The fourth-order valence-electron chi connectivity index (χ4n) is 3.85. The quantitative estimate of drug-likeness (QED) is 0.457. The molecule has 1 N–H and O–H groups in total. The van der Waals surface area contributed by atoms with Crippen molar-refractivity contribution < 1.29 is 28.6 Å². The molecule has 2 saturated heterocycles. The van der Waals surface area contributed by atoms with Crippen LogP contribution in [0.1, 0.15) is 37.1 Å². The maximum absolute atomic E-state index is 12.9. The number of furan rings is 1. The monoisotopic (exact) mass is 397 g/mol. The number of rotatable bonds is 6. The molecular formula is C22H23NO6. The number of hydrogen-bond donors (Lipinski definition) is 1. The maximum Gasteiger partial charge on any atom is 0.295 e. The van der Waals surface area contributed by atoms with Crippen molar-refractivity contribution in [1.29, 1.82) is 0 Å². The highest BCUT2D eigenvalue weighted by atomic mass is 16.5. The Hall–Kier alpha value is -3.06. The summed E-state index contributed by atoms with van der Waals surface area (Å²) in [4.78, 5) is 27.1. The number of hydrogen-bond acceptors (Lipinski definition) is 6. The Balaban J connectivity index is 1.74. The average Bonchev–Trinajstić information content (AvgIpc) is 3.47. The standard InChI is InChI=1S/C22H23NO6/c1-2-27-15-9-7-14(8-10-15)20(24)18-19(17-6-4-12-29-17)23(22(26)21(18)25)13-16-5-3-11-28-16/h4,6-10,12,16,19,24H,2-3,5,11,13H2,1H3/t16-,19+/m0/s1. The molecule has 0 unspecified atom stereocenters. The highest BCUT2D eigenvalue weighted by Gasteiger charge is 2.48. The van der Waals surface area contributed by atoms with Gasteiger partial charge in [-0.2, -0.15) is 0 Å².